The number of thioether (sulfide) groups is 2. The van der Waals surface area contributed by atoms with Crippen LogP contribution in [0.25, 0.3) is 0 Å². The van der Waals surface area contributed by atoms with Gasteiger partial charge >= 0.3 is 0 Å². The molecule has 1 aromatic rings. The second-order valence-electron chi connectivity index (χ2n) is 3.01. The molecule has 0 amide bonds. The van der Waals surface area contributed by atoms with Crippen LogP contribution in [0.2, 0.25) is 5.15 Å². The van der Waals surface area contributed by atoms with Crippen LogP contribution < -0.4 is 0 Å². The molecule has 0 aromatic carbocycles. The molecule has 0 saturated carbocycles. The molecular weight excluding hydrogens is 248 g/mol. The lowest BCUT2D eigenvalue weighted by atomic mass is 10.6. The van der Waals surface area contributed by atoms with Gasteiger partial charge in [0.15, 0.2) is 5.16 Å². The number of hydrogen-bond acceptors (Lipinski definition) is 4. The first-order chi connectivity index (χ1) is 7.26. The largest absolute Gasteiger partial charge is 0.216 e. The Morgan fingerprint density at radius 3 is 2.47 bits per heavy atom. The summed E-state index contributed by atoms with van der Waals surface area (Å²) in [6.45, 7) is 4.30. The van der Waals surface area contributed by atoms with E-state index in [0.717, 1.165) is 34.5 Å². The molecule has 0 saturated heterocycles. The molecule has 2 nitrogen and oxygen atoms in total. The summed E-state index contributed by atoms with van der Waals surface area (Å²) in [5.41, 5.74) is 0. The monoisotopic (exact) mass is 262 g/mol. The fraction of sp³-hybridized carbons (Fsp3) is 0.600. The van der Waals surface area contributed by atoms with E-state index in [1.54, 1.807) is 23.5 Å². The quantitative estimate of drug-likeness (QED) is 0.437. The van der Waals surface area contributed by atoms with E-state index in [0.29, 0.717) is 5.15 Å². The number of rotatable bonds is 6. The highest BCUT2D eigenvalue weighted by Gasteiger charge is 2.03. The van der Waals surface area contributed by atoms with Crippen LogP contribution in [0.1, 0.15) is 26.7 Å². The zero-order chi connectivity index (χ0) is 11.1. The first kappa shape index (κ1) is 13.1. The zero-order valence-electron chi connectivity index (χ0n) is 8.99. The SMILES string of the molecule is CCCSc1cc(Cl)nc(SCCC)n1. The summed E-state index contributed by atoms with van der Waals surface area (Å²) in [4.78, 5) is 8.62. The molecule has 84 valence electrons. The van der Waals surface area contributed by atoms with E-state index < -0.39 is 0 Å². The minimum absolute atomic E-state index is 0.544. The molecule has 1 rings (SSSR count). The van der Waals surface area contributed by atoms with Crippen molar-refractivity contribution in [3.8, 4) is 0 Å². The van der Waals surface area contributed by atoms with Gasteiger partial charge < -0.3 is 0 Å². The van der Waals surface area contributed by atoms with Crippen molar-refractivity contribution in [1.29, 1.82) is 0 Å². The molecule has 0 radical (unpaired) electrons. The molecule has 15 heavy (non-hydrogen) atoms. The summed E-state index contributed by atoms with van der Waals surface area (Å²) in [5.74, 6) is 2.11. The van der Waals surface area contributed by atoms with Gasteiger partial charge in [-0.2, -0.15) is 0 Å². The highest BCUT2D eigenvalue weighted by Crippen LogP contribution is 2.23. The Morgan fingerprint density at radius 1 is 1.13 bits per heavy atom. The molecule has 1 heterocycles. The third kappa shape index (κ3) is 5.09. The summed E-state index contributed by atoms with van der Waals surface area (Å²) in [6.07, 6.45) is 2.27. The normalized spacial score (nSPS) is 10.6. The van der Waals surface area contributed by atoms with Crippen LogP contribution in [-0.2, 0) is 0 Å². The first-order valence-corrected chi connectivity index (χ1v) is 7.41. The topological polar surface area (TPSA) is 25.8 Å². The van der Waals surface area contributed by atoms with E-state index in [1.807, 2.05) is 6.07 Å². The van der Waals surface area contributed by atoms with Gasteiger partial charge in [-0.15, -0.1) is 11.8 Å². The highest BCUT2D eigenvalue weighted by atomic mass is 35.5. The van der Waals surface area contributed by atoms with Crippen molar-refractivity contribution in [2.45, 2.75) is 36.9 Å². The average Bonchev–Trinajstić information content (AvgIpc) is 2.23. The van der Waals surface area contributed by atoms with Gasteiger partial charge in [-0.1, -0.05) is 37.2 Å². The Labute approximate surface area is 105 Å². The number of halogens is 1. The molecule has 0 N–H and O–H groups in total. The molecule has 0 aliphatic heterocycles. The van der Waals surface area contributed by atoms with Gasteiger partial charge in [0.1, 0.15) is 10.2 Å². The Balaban J connectivity index is 2.66. The van der Waals surface area contributed by atoms with Crippen molar-refractivity contribution in [3.05, 3.63) is 11.2 Å². The minimum Gasteiger partial charge on any atom is -0.216 e. The predicted octanol–water partition coefficient (Wildman–Crippen LogP) is 4.13. The van der Waals surface area contributed by atoms with E-state index in [1.165, 1.54) is 0 Å². The second kappa shape index (κ2) is 7.36. The van der Waals surface area contributed by atoms with Crippen LogP contribution >= 0.6 is 35.1 Å². The molecule has 0 unspecified atom stereocenters. The Kier molecular flexibility index (Phi) is 6.45. The van der Waals surface area contributed by atoms with Gasteiger partial charge in [0, 0.05) is 11.8 Å². The fourth-order valence-corrected chi connectivity index (χ4v) is 2.74. The predicted molar refractivity (Wildman–Crippen MR) is 69.1 cm³/mol. The first-order valence-electron chi connectivity index (χ1n) is 5.06. The van der Waals surface area contributed by atoms with Gasteiger partial charge in [0.05, 0.1) is 0 Å². The van der Waals surface area contributed by atoms with Crippen LogP contribution in [-0.4, -0.2) is 21.5 Å². The Bertz CT molecular complexity index is 281. The van der Waals surface area contributed by atoms with Crippen molar-refractivity contribution in [3.63, 3.8) is 0 Å². The van der Waals surface area contributed by atoms with Crippen molar-refractivity contribution in [2.75, 3.05) is 11.5 Å². The van der Waals surface area contributed by atoms with Gasteiger partial charge in [0.2, 0.25) is 0 Å². The molecule has 0 aliphatic carbocycles. The van der Waals surface area contributed by atoms with E-state index in [9.17, 15) is 0 Å². The molecule has 1 aromatic heterocycles. The van der Waals surface area contributed by atoms with Crippen molar-refractivity contribution >= 4 is 35.1 Å². The molecule has 0 bridgehead atoms. The molecule has 5 heteroatoms. The fourth-order valence-electron chi connectivity index (χ4n) is 0.916. The highest BCUT2D eigenvalue weighted by molar-refractivity contribution is 7.99. The Hall–Kier alpha value is 0.0700. The lowest BCUT2D eigenvalue weighted by Crippen LogP contribution is -1.91. The molecule has 0 atom stereocenters. The van der Waals surface area contributed by atoms with Gasteiger partial charge in [-0.3, -0.25) is 0 Å². The maximum Gasteiger partial charge on any atom is 0.190 e. The van der Waals surface area contributed by atoms with E-state index in [-0.39, 0.29) is 0 Å². The maximum absolute atomic E-state index is 5.93. The second-order valence-corrected chi connectivity index (χ2v) is 5.57. The van der Waals surface area contributed by atoms with E-state index >= 15 is 0 Å². The number of nitrogens with zero attached hydrogens (tertiary/aromatic N) is 2. The van der Waals surface area contributed by atoms with Crippen molar-refractivity contribution < 1.29 is 0 Å². The summed E-state index contributed by atoms with van der Waals surface area (Å²) >= 11 is 9.33. The van der Waals surface area contributed by atoms with Gasteiger partial charge in [-0.05, 0) is 18.6 Å². The zero-order valence-corrected chi connectivity index (χ0v) is 11.4. The standard InChI is InChI=1S/C10H15ClN2S2/c1-3-5-14-9-7-8(11)12-10(13-9)15-6-4-2/h7H,3-6H2,1-2H3. The minimum atomic E-state index is 0.544. The summed E-state index contributed by atoms with van der Waals surface area (Å²) < 4.78 is 0. The smallest absolute Gasteiger partial charge is 0.190 e. The third-order valence-electron chi connectivity index (χ3n) is 1.54. The van der Waals surface area contributed by atoms with Crippen LogP contribution in [0.5, 0.6) is 0 Å². The maximum atomic E-state index is 5.93. The lowest BCUT2D eigenvalue weighted by molar-refractivity contribution is 0.888. The molecule has 0 aliphatic rings. The summed E-state index contributed by atoms with van der Waals surface area (Å²) in [7, 11) is 0. The summed E-state index contributed by atoms with van der Waals surface area (Å²) in [6, 6.07) is 1.83. The van der Waals surface area contributed by atoms with Crippen LogP contribution in [0.3, 0.4) is 0 Å². The van der Waals surface area contributed by atoms with Crippen molar-refractivity contribution in [2.24, 2.45) is 0 Å². The average molecular weight is 263 g/mol. The van der Waals surface area contributed by atoms with E-state index in [2.05, 4.69) is 23.8 Å². The van der Waals surface area contributed by atoms with E-state index in [4.69, 9.17) is 11.6 Å². The third-order valence-corrected chi connectivity index (χ3v) is 3.90. The molecule has 0 spiro atoms. The van der Waals surface area contributed by atoms with Crippen LogP contribution in [0.4, 0.5) is 0 Å². The Morgan fingerprint density at radius 2 is 1.80 bits per heavy atom. The van der Waals surface area contributed by atoms with Crippen LogP contribution in [0.15, 0.2) is 16.2 Å². The lowest BCUT2D eigenvalue weighted by Gasteiger charge is -2.03. The van der Waals surface area contributed by atoms with Crippen LogP contribution in [0, 0.1) is 0 Å². The number of aromatic nitrogens is 2. The van der Waals surface area contributed by atoms with Gasteiger partial charge in [-0.25, -0.2) is 9.97 Å². The number of hydrogen-bond donors (Lipinski definition) is 0. The molecule has 0 fully saturated rings. The summed E-state index contributed by atoms with van der Waals surface area (Å²) in [5, 5.41) is 2.32. The molecular formula is C10H15ClN2S2. The van der Waals surface area contributed by atoms with Gasteiger partial charge in [0.25, 0.3) is 0 Å². The van der Waals surface area contributed by atoms with Crippen molar-refractivity contribution in [1.82, 2.24) is 9.97 Å².